The van der Waals surface area contributed by atoms with Gasteiger partial charge < -0.3 is 9.47 Å². The van der Waals surface area contributed by atoms with Gasteiger partial charge in [-0.25, -0.2) is 19.6 Å². The molecule has 2 aliphatic heterocycles. The molecule has 2 rings (SSSR count). The minimum atomic E-state index is -0.221. The van der Waals surface area contributed by atoms with E-state index >= 15 is 0 Å². The minimum Gasteiger partial charge on any atom is -0.320 e. The van der Waals surface area contributed by atoms with E-state index < -0.39 is 0 Å². The molecule has 0 aromatic rings. The smallest absolute Gasteiger partial charge is 0.194 e. The summed E-state index contributed by atoms with van der Waals surface area (Å²) in [4.78, 5) is 19.5. The lowest BCUT2D eigenvalue weighted by atomic mass is 10.1. The molecular weight excluding hydrogens is 276 g/mol. The van der Waals surface area contributed by atoms with Crippen LogP contribution < -0.4 is 0 Å². The maximum atomic E-state index is 5.40. The van der Waals surface area contributed by atoms with E-state index in [0.717, 1.165) is 25.7 Å². The van der Waals surface area contributed by atoms with Gasteiger partial charge in [-0.3, -0.25) is 0 Å². The lowest BCUT2D eigenvalue weighted by Crippen LogP contribution is -2.08. The van der Waals surface area contributed by atoms with Crippen LogP contribution in [0.4, 0.5) is 0 Å². The van der Waals surface area contributed by atoms with E-state index in [1.807, 2.05) is 6.92 Å². The van der Waals surface area contributed by atoms with Crippen molar-refractivity contribution in [1.82, 2.24) is 0 Å². The van der Waals surface area contributed by atoms with Crippen LogP contribution in [0.5, 0.6) is 0 Å². The molecule has 2 saturated heterocycles. The molecule has 0 aromatic carbocycles. The Hall–Kier alpha value is -0.240. The van der Waals surface area contributed by atoms with Crippen LogP contribution >= 0.6 is 0 Å². The number of ether oxygens (including phenoxy) is 2. The number of unbranched alkanes of at least 4 members (excludes halogenated alkanes) is 7. The molecule has 3 unspecified atom stereocenters. The summed E-state index contributed by atoms with van der Waals surface area (Å²) in [6.07, 6.45) is 11.3. The van der Waals surface area contributed by atoms with Gasteiger partial charge in [0.15, 0.2) is 25.7 Å². The number of rotatable bonds is 11. The Bertz CT molecular complexity index is 257. The highest BCUT2D eigenvalue weighted by molar-refractivity contribution is 4.52. The minimum absolute atomic E-state index is 0.142. The van der Waals surface area contributed by atoms with Crippen molar-refractivity contribution in [1.29, 1.82) is 0 Å². The van der Waals surface area contributed by atoms with E-state index in [0.29, 0.717) is 0 Å². The van der Waals surface area contributed by atoms with E-state index in [2.05, 4.69) is 4.89 Å². The van der Waals surface area contributed by atoms with E-state index in [1.54, 1.807) is 0 Å². The average molecular weight is 304 g/mol. The molecule has 0 amide bonds. The third-order valence-electron chi connectivity index (χ3n) is 3.75. The van der Waals surface area contributed by atoms with Crippen LogP contribution in [0.3, 0.4) is 0 Å². The molecule has 2 fully saturated rings. The van der Waals surface area contributed by atoms with Crippen molar-refractivity contribution in [2.75, 3.05) is 6.79 Å². The summed E-state index contributed by atoms with van der Waals surface area (Å²) in [5.41, 5.74) is 0. The molecule has 2 aliphatic rings. The zero-order valence-electron chi connectivity index (χ0n) is 13.0. The van der Waals surface area contributed by atoms with Gasteiger partial charge in [0.1, 0.15) is 0 Å². The van der Waals surface area contributed by atoms with Gasteiger partial charge in [-0.15, -0.1) is 0 Å². The summed E-state index contributed by atoms with van der Waals surface area (Å²) in [6, 6.07) is 0. The van der Waals surface area contributed by atoms with E-state index in [-0.39, 0.29) is 25.7 Å². The van der Waals surface area contributed by atoms with Crippen LogP contribution in [0.1, 0.15) is 71.1 Å². The molecule has 0 spiro atoms. The van der Waals surface area contributed by atoms with Gasteiger partial charge in [0.2, 0.25) is 0 Å². The molecule has 3 atom stereocenters. The zero-order valence-corrected chi connectivity index (χ0v) is 13.0. The van der Waals surface area contributed by atoms with Gasteiger partial charge in [-0.1, -0.05) is 38.5 Å². The first-order chi connectivity index (χ1) is 10.3. The van der Waals surface area contributed by atoms with Gasteiger partial charge in [-0.2, -0.15) is 0 Å². The second-order valence-corrected chi connectivity index (χ2v) is 5.66. The maximum absolute atomic E-state index is 5.40. The quantitative estimate of drug-likeness (QED) is 0.427. The first-order valence-electron chi connectivity index (χ1n) is 8.22. The fourth-order valence-corrected chi connectivity index (χ4v) is 2.56. The third-order valence-corrected chi connectivity index (χ3v) is 3.75. The van der Waals surface area contributed by atoms with E-state index in [9.17, 15) is 0 Å². The summed E-state index contributed by atoms with van der Waals surface area (Å²) in [5, 5.41) is 0. The Labute approximate surface area is 126 Å². The molecule has 0 radical (unpaired) electrons. The Morgan fingerprint density at radius 1 is 0.714 bits per heavy atom. The molecular formula is C15H28O6. The molecule has 2 heterocycles. The Balaban J connectivity index is 1.28. The number of hydrogen-bond acceptors (Lipinski definition) is 6. The molecule has 0 aliphatic carbocycles. The average Bonchev–Trinajstić information content (AvgIpc) is 3.12. The first-order valence-corrected chi connectivity index (χ1v) is 8.22. The lowest BCUT2D eigenvalue weighted by Gasteiger charge is -2.07. The summed E-state index contributed by atoms with van der Waals surface area (Å²) in [7, 11) is 0. The summed E-state index contributed by atoms with van der Waals surface area (Å²) in [6.45, 7) is 2.12. The highest BCUT2D eigenvalue weighted by Crippen LogP contribution is 2.19. The monoisotopic (exact) mass is 304 g/mol. The topological polar surface area (TPSA) is 55.4 Å². The second kappa shape index (κ2) is 10.5. The predicted octanol–water partition coefficient (Wildman–Crippen LogP) is 3.80. The maximum Gasteiger partial charge on any atom is 0.194 e. The van der Waals surface area contributed by atoms with Crippen molar-refractivity contribution in [2.45, 2.75) is 90.0 Å². The molecule has 0 N–H and O–H groups in total. The Morgan fingerprint density at radius 3 is 1.86 bits per heavy atom. The summed E-state index contributed by atoms with van der Waals surface area (Å²) >= 11 is 0. The highest BCUT2D eigenvalue weighted by Gasteiger charge is 2.23. The molecule has 0 bridgehead atoms. The van der Waals surface area contributed by atoms with Gasteiger partial charge in [0.25, 0.3) is 0 Å². The van der Waals surface area contributed by atoms with Gasteiger partial charge >= 0.3 is 0 Å². The fourth-order valence-electron chi connectivity index (χ4n) is 2.56. The predicted molar refractivity (Wildman–Crippen MR) is 74.6 cm³/mol. The standard InChI is InChI=1S/C15H28O6/c1-13-18-15(21-19-13)11-9-7-5-3-2-4-6-8-10-14-16-12-17-20-14/h13-15H,2-12H2,1H3. The van der Waals surface area contributed by atoms with Crippen molar-refractivity contribution in [2.24, 2.45) is 0 Å². The van der Waals surface area contributed by atoms with Crippen LogP contribution in [0.15, 0.2) is 0 Å². The van der Waals surface area contributed by atoms with Crippen molar-refractivity contribution in [3.63, 3.8) is 0 Å². The Morgan fingerprint density at radius 2 is 1.33 bits per heavy atom. The SMILES string of the molecule is CC1OOC(CCCCCCCCCCC2OCOO2)O1. The van der Waals surface area contributed by atoms with Crippen molar-refractivity contribution < 1.29 is 29.0 Å². The molecule has 21 heavy (non-hydrogen) atoms. The van der Waals surface area contributed by atoms with Gasteiger partial charge in [0.05, 0.1) is 0 Å². The van der Waals surface area contributed by atoms with Crippen molar-refractivity contribution in [3.8, 4) is 0 Å². The van der Waals surface area contributed by atoms with Crippen molar-refractivity contribution >= 4 is 0 Å². The van der Waals surface area contributed by atoms with Crippen LogP contribution in [-0.4, -0.2) is 25.7 Å². The van der Waals surface area contributed by atoms with Crippen LogP contribution in [0.2, 0.25) is 0 Å². The molecule has 0 saturated carbocycles. The second-order valence-electron chi connectivity index (χ2n) is 5.66. The van der Waals surface area contributed by atoms with E-state index in [4.69, 9.17) is 24.1 Å². The molecule has 6 heteroatoms. The lowest BCUT2D eigenvalue weighted by molar-refractivity contribution is -0.294. The summed E-state index contributed by atoms with van der Waals surface area (Å²) < 4.78 is 10.6. The van der Waals surface area contributed by atoms with Crippen LogP contribution in [-0.2, 0) is 29.0 Å². The largest absolute Gasteiger partial charge is 0.320 e. The van der Waals surface area contributed by atoms with Crippen LogP contribution in [0.25, 0.3) is 0 Å². The highest BCUT2D eigenvalue weighted by atomic mass is 17.3. The Kier molecular flexibility index (Phi) is 8.54. The third kappa shape index (κ3) is 7.54. The normalized spacial score (nSPS) is 29.3. The molecule has 6 nitrogen and oxygen atoms in total. The van der Waals surface area contributed by atoms with Crippen molar-refractivity contribution in [3.05, 3.63) is 0 Å². The number of hydrogen-bond donors (Lipinski definition) is 0. The molecule has 124 valence electrons. The van der Waals surface area contributed by atoms with Gasteiger partial charge in [0, 0.05) is 12.8 Å². The van der Waals surface area contributed by atoms with Gasteiger partial charge in [-0.05, 0) is 19.8 Å². The first kappa shape index (κ1) is 17.1. The molecule has 0 aromatic heterocycles. The van der Waals surface area contributed by atoms with E-state index in [1.165, 1.54) is 38.5 Å². The fraction of sp³-hybridized carbons (Fsp3) is 1.00. The van der Waals surface area contributed by atoms with Crippen LogP contribution in [0, 0.1) is 0 Å². The zero-order chi connectivity index (χ0) is 14.8. The summed E-state index contributed by atoms with van der Waals surface area (Å²) in [5.74, 6) is 0.